The van der Waals surface area contributed by atoms with Crippen LogP contribution in [-0.2, 0) is 20.0 Å². The number of benzene rings is 1. The zero-order valence-electron chi connectivity index (χ0n) is 10.4. The number of ether oxygens (including phenoxy) is 1. The Bertz CT molecular complexity index is 365. The fourth-order valence-corrected chi connectivity index (χ4v) is 2.26. The summed E-state index contributed by atoms with van der Waals surface area (Å²) < 4.78 is 16.1. The number of rotatable bonds is 8. The Hall–Kier alpha value is -1.10. The molecule has 1 aromatic carbocycles. The zero-order chi connectivity index (χ0) is 12.5. The first-order valence-electron chi connectivity index (χ1n) is 6.29. The third-order valence-electron chi connectivity index (χ3n) is 2.75. The summed E-state index contributed by atoms with van der Waals surface area (Å²) in [5.41, 5.74) is 1.28. The number of hydrogen-bond donors (Lipinski definition) is 0. The minimum atomic E-state index is 0.0507. The second-order valence-corrected chi connectivity index (χ2v) is 4.81. The molecule has 0 aliphatic heterocycles. The van der Waals surface area contributed by atoms with Crippen LogP contribution in [-0.4, -0.2) is 23.4 Å². The van der Waals surface area contributed by atoms with E-state index in [0.717, 1.165) is 25.0 Å². The van der Waals surface area contributed by atoms with Gasteiger partial charge in [-0.2, -0.15) is 0 Å². The van der Waals surface area contributed by atoms with Crippen molar-refractivity contribution in [1.29, 1.82) is 0 Å². The van der Waals surface area contributed by atoms with E-state index in [9.17, 15) is 0 Å². The lowest BCUT2D eigenvalue weighted by Crippen LogP contribution is -2.09. The maximum Gasteiger partial charge on any atom is 0.522 e. The predicted molar refractivity (Wildman–Crippen MR) is 70.8 cm³/mol. The van der Waals surface area contributed by atoms with Crippen molar-refractivity contribution >= 4 is 10.0 Å². The van der Waals surface area contributed by atoms with Crippen molar-refractivity contribution in [2.45, 2.75) is 25.7 Å². The predicted octanol–water partition coefficient (Wildman–Crippen LogP) is 2.84. The fraction of sp³-hybridized carbons (Fsp3) is 0.429. The van der Waals surface area contributed by atoms with E-state index in [2.05, 4.69) is 18.2 Å². The van der Waals surface area contributed by atoms with Crippen LogP contribution in [0.1, 0.15) is 24.8 Å². The Balaban J connectivity index is 1.44. The second kappa shape index (κ2) is 8.08. The van der Waals surface area contributed by atoms with Crippen molar-refractivity contribution in [3.05, 3.63) is 47.7 Å². The molecule has 0 unspecified atom stereocenters. The van der Waals surface area contributed by atoms with E-state index >= 15 is 0 Å². The van der Waals surface area contributed by atoms with Crippen molar-refractivity contribution in [3.8, 4) is 0 Å². The Kier molecular flexibility index (Phi) is 5.98. The van der Waals surface area contributed by atoms with E-state index in [1.165, 1.54) is 12.0 Å². The lowest BCUT2D eigenvalue weighted by atomic mass is 10.2. The van der Waals surface area contributed by atoms with Crippen LogP contribution in [0.2, 0.25) is 0 Å². The summed E-state index contributed by atoms with van der Waals surface area (Å²) >= 11 is 0. The summed E-state index contributed by atoms with van der Waals surface area (Å²) in [5, 5.41) is 0. The lowest BCUT2D eigenvalue weighted by molar-refractivity contribution is 0.00902. The summed E-state index contributed by atoms with van der Waals surface area (Å²) in [4.78, 5) is 0. The Morgan fingerprint density at radius 3 is 2.83 bits per heavy atom. The van der Waals surface area contributed by atoms with E-state index in [4.69, 9.17) is 13.6 Å². The molecule has 0 amide bonds. The summed E-state index contributed by atoms with van der Waals surface area (Å²) in [6, 6.07) is 10.3. The minimum Gasteiger partial charge on any atom is -0.521 e. The van der Waals surface area contributed by atoms with Gasteiger partial charge >= 0.3 is 10.0 Å². The van der Waals surface area contributed by atoms with Gasteiger partial charge in [-0.3, -0.25) is 0 Å². The van der Waals surface area contributed by atoms with Gasteiger partial charge in [0.15, 0.2) is 0 Å². The van der Waals surface area contributed by atoms with Crippen LogP contribution < -0.4 is 0 Å². The van der Waals surface area contributed by atoms with E-state index < -0.39 is 0 Å². The van der Waals surface area contributed by atoms with Crippen LogP contribution in [0, 0.1) is 0 Å². The Morgan fingerprint density at radius 2 is 2.06 bits per heavy atom. The SMILES string of the molecule is C1=C(O[Si]OCOCCc2ccccc2)CCC1. The van der Waals surface area contributed by atoms with Crippen LogP contribution in [0.3, 0.4) is 0 Å². The average Bonchev–Trinajstić information content (AvgIpc) is 2.92. The third kappa shape index (κ3) is 5.04. The molecule has 2 rings (SSSR count). The molecule has 18 heavy (non-hydrogen) atoms. The molecule has 0 saturated carbocycles. The van der Waals surface area contributed by atoms with Gasteiger partial charge in [0.1, 0.15) is 6.79 Å². The molecular formula is C14H18O3Si. The molecule has 3 nitrogen and oxygen atoms in total. The molecule has 96 valence electrons. The standard InChI is InChI=1S/C14H18O3Si/c1-2-6-13(7-3-1)10-11-15-12-16-18-17-14-8-4-5-9-14/h1-3,6-8H,4-5,9-12H2. The largest absolute Gasteiger partial charge is 0.522 e. The van der Waals surface area contributed by atoms with Gasteiger partial charge in [0.2, 0.25) is 0 Å². The maximum absolute atomic E-state index is 5.45. The molecule has 1 aliphatic carbocycles. The van der Waals surface area contributed by atoms with Crippen LogP contribution in [0.4, 0.5) is 0 Å². The van der Waals surface area contributed by atoms with Gasteiger partial charge < -0.3 is 13.6 Å². The van der Waals surface area contributed by atoms with Crippen LogP contribution in [0.5, 0.6) is 0 Å². The van der Waals surface area contributed by atoms with Crippen molar-refractivity contribution in [2.24, 2.45) is 0 Å². The van der Waals surface area contributed by atoms with Crippen LogP contribution >= 0.6 is 0 Å². The highest BCUT2D eigenvalue weighted by Crippen LogP contribution is 2.17. The quantitative estimate of drug-likeness (QED) is 0.409. The molecule has 0 aromatic heterocycles. The highest BCUT2D eigenvalue weighted by Gasteiger charge is 2.06. The normalized spacial score (nSPS) is 14.6. The number of hydrogen-bond acceptors (Lipinski definition) is 3. The summed E-state index contributed by atoms with van der Waals surface area (Å²) in [6.07, 6.45) is 6.43. The minimum absolute atomic E-state index is 0.0507. The molecule has 0 atom stereocenters. The molecule has 0 bridgehead atoms. The van der Waals surface area contributed by atoms with E-state index in [0.29, 0.717) is 13.4 Å². The zero-order valence-corrected chi connectivity index (χ0v) is 11.4. The molecule has 0 N–H and O–H groups in total. The maximum atomic E-state index is 5.45. The van der Waals surface area contributed by atoms with Gasteiger partial charge in [-0.1, -0.05) is 30.3 Å². The Labute approximate surface area is 111 Å². The molecule has 4 heteroatoms. The lowest BCUT2D eigenvalue weighted by Gasteiger charge is -2.06. The summed E-state index contributed by atoms with van der Waals surface area (Å²) in [7, 11) is 0.0507. The summed E-state index contributed by atoms with van der Waals surface area (Å²) in [6.45, 7) is 0.982. The van der Waals surface area contributed by atoms with Gasteiger partial charge in [0.05, 0.1) is 12.4 Å². The van der Waals surface area contributed by atoms with Gasteiger partial charge in [0.25, 0.3) is 0 Å². The molecule has 2 radical (unpaired) electrons. The van der Waals surface area contributed by atoms with Gasteiger partial charge in [-0.25, -0.2) is 0 Å². The molecule has 1 aromatic rings. The van der Waals surface area contributed by atoms with Gasteiger partial charge in [0, 0.05) is 6.42 Å². The van der Waals surface area contributed by atoms with E-state index in [1.807, 2.05) is 18.2 Å². The van der Waals surface area contributed by atoms with Gasteiger partial charge in [-0.05, 0) is 30.9 Å². The highest BCUT2D eigenvalue weighted by molar-refractivity contribution is 6.18. The van der Waals surface area contributed by atoms with E-state index in [1.54, 1.807) is 0 Å². The molecular weight excluding hydrogens is 244 g/mol. The van der Waals surface area contributed by atoms with Crippen molar-refractivity contribution < 1.29 is 13.6 Å². The first-order chi connectivity index (χ1) is 8.95. The van der Waals surface area contributed by atoms with Crippen LogP contribution in [0.25, 0.3) is 0 Å². The first-order valence-corrected chi connectivity index (χ1v) is 7.11. The third-order valence-corrected chi connectivity index (χ3v) is 3.33. The fourth-order valence-electron chi connectivity index (χ4n) is 1.78. The van der Waals surface area contributed by atoms with Crippen molar-refractivity contribution in [1.82, 2.24) is 0 Å². The molecule has 0 heterocycles. The van der Waals surface area contributed by atoms with Crippen molar-refractivity contribution in [2.75, 3.05) is 13.4 Å². The smallest absolute Gasteiger partial charge is 0.521 e. The Morgan fingerprint density at radius 1 is 1.17 bits per heavy atom. The monoisotopic (exact) mass is 262 g/mol. The van der Waals surface area contributed by atoms with E-state index in [-0.39, 0.29) is 10.0 Å². The topological polar surface area (TPSA) is 27.7 Å². The second-order valence-electron chi connectivity index (χ2n) is 4.15. The number of allylic oxidation sites excluding steroid dienone is 2. The molecule has 0 saturated heterocycles. The molecule has 1 aliphatic rings. The van der Waals surface area contributed by atoms with Gasteiger partial charge in [-0.15, -0.1) is 0 Å². The van der Waals surface area contributed by atoms with Crippen LogP contribution in [0.15, 0.2) is 42.2 Å². The first kappa shape index (κ1) is 13.3. The highest BCUT2D eigenvalue weighted by atomic mass is 28.3. The molecule has 0 spiro atoms. The summed E-state index contributed by atoms with van der Waals surface area (Å²) in [5.74, 6) is 1.07. The van der Waals surface area contributed by atoms with Crippen molar-refractivity contribution in [3.63, 3.8) is 0 Å². The molecule has 0 fully saturated rings. The average molecular weight is 262 g/mol.